The first-order valence-electron chi connectivity index (χ1n) is 14.6. The van der Waals surface area contributed by atoms with Gasteiger partial charge in [0.25, 0.3) is 5.91 Å². The van der Waals surface area contributed by atoms with Crippen LogP contribution in [0.1, 0.15) is 56.4 Å². The Balaban J connectivity index is 1.48. The fourth-order valence-electron chi connectivity index (χ4n) is 5.58. The first kappa shape index (κ1) is 32.0. The zero-order chi connectivity index (χ0) is 32.1. The summed E-state index contributed by atoms with van der Waals surface area (Å²) in [5.74, 6) is -4.33. The Hall–Kier alpha value is -4.37. The van der Waals surface area contributed by atoms with E-state index < -0.39 is 29.8 Å². The highest BCUT2D eigenvalue weighted by atomic mass is 35.5. The molecule has 238 valence electrons. The lowest BCUT2D eigenvalue weighted by molar-refractivity contribution is -0.154. The van der Waals surface area contributed by atoms with Gasteiger partial charge in [-0.15, -0.1) is 5.10 Å². The zero-order valence-corrected chi connectivity index (χ0v) is 25.2. The second-order valence-corrected chi connectivity index (χ2v) is 11.2. The van der Waals surface area contributed by atoms with E-state index in [1.807, 2.05) is 29.2 Å². The molecule has 2 aromatic carbocycles. The van der Waals surface area contributed by atoms with Crippen LogP contribution in [0.5, 0.6) is 0 Å². The molecule has 5 N–H and O–H groups in total. The number of carboxylic acids is 2. The monoisotopic (exact) mass is 639 g/mol. The predicted molar refractivity (Wildman–Crippen MR) is 162 cm³/mol. The number of carbonyl (C=O) groups is 4. The molecule has 3 heterocycles. The molecule has 2 atom stereocenters. The van der Waals surface area contributed by atoms with Gasteiger partial charge in [-0.3, -0.25) is 14.5 Å². The molecule has 0 spiro atoms. The van der Waals surface area contributed by atoms with Gasteiger partial charge in [0.15, 0.2) is 5.82 Å². The van der Waals surface area contributed by atoms with E-state index in [0.717, 1.165) is 15.8 Å². The van der Waals surface area contributed by atoms with Crippen molar-refractivity contribution in [2.45, 2.75) is 37.9 Å². The van der Waals surface area contributed by atoms with Gasteiger partial charge in [-0.2, -0.15) is 9.67 Å². The molecule has 0 bridgehead atoms. The van der Waals surface area contributed by atoms with Crippen molar-refractivity contribution in [3.63, 3.8) is 0 Å². The molecule has 2 unspecified atom stereocenters. The number of rotatable bonds is 10. The van der Waals surface area contributed by atoms with E-state index in [2.05, 4.69) is 15.4 Å². The Morgan fingerprint density at radius 1 is 1.00 bits per heavy atom. The number of piperidine rings is 1. The Kier molecular flexibility index (Phi) is 10.1. The molecule has 0 aliphatic carbocycles. The van der Waals surface area contributed by atoms with Crippen LogP contribution in [0.4, 0.5) is 5.95 Å². The summed E-state index contributed by atoms with van der Waals surface area (Å²) in [5, 5.41) is 27.1. The fourth-order valence-corrected chi connectivity index (χ4v) is 5.87. The number of likely N-dealkylation sites (tertiary alicyclic amines) is 1. The van der Waals surface area contributed by atoms with Crippen LogP contribution in [0.15, 0.2) is 42.5 Å². The van der Waals surface area contributed by atoms with Crippen molar-refractivity contribution in [3.05, 3.63) is 75.6 Å². The van der Waals surface area contributed by atoms with Crippen LogP contribution in [-0.2, 0) is 27.4 Å². The van der Waals surface area contributed by atoms with Crippen molar-refractivity contribution in [3.8, 4) is 0 Å². The molecular weight excluding hydrogens is 606 g/mol. The van der Waals surface area contributed by atoms with E-state index in [1.54, 1.807) is 0 Å². The maximum Gasteiger partial charge on any atom is 0.337 e. The molecule has 2 aliphatic heterocycles. The number of anilines is 1. The van der Waals surface area contributed by atoms with Crippen molar-refractivity contribution in [2.75, 3.05) is 44.7 Å². The zero-order valence-electron chi connectivity index (χ0n) is 24.4. The molecule has 0 radical (unpaired) electrons. The van der Waals surface area contributed by atoms with Gasteiger partial charge < -0.3 is 30.9 Å². The third-order valence-corrected chi connectivity index (χ3v) is 8.39. The third-order valence-electron chi connectivity index (χ3n) is 7.98. The average Bonchev–Trinajstić information content (AvgIpc) is 3.48. The number of nitrogens with two attached hydrogens (primary N) is 1. The van der Waals surface area contributed by atoms with Crippen LogP contribution in [-0.4, -0.2) is 104 Å². The summed E-state index contributed by atoms with van der Waals surface area (Å²) in [6, 6.07) is 10.3. The van der Waals surface area contributed by atoms with E-state index in [1.165, 1.54) is 23.1 Å². The summed E-state index contributed by atoms with van der Waals surface area (Å²) in [6.45, 7) is 3.09. The number of aromatic carboxylic acids is 1. The van der Waals surface area contributed by atoms with Gasteiger partial charge in [-0.1, -0.05) is 41.9 Å². The smallest absolute Gasteiger partial charge is 0.337 e. The fraction of sp³-hybridized carbons (Fsp3) is 0.400. The summed E-state index contributed by atoms with van der Waals surface area (Å²) in [4.78, 5) is 59.3. The minimum absolute atomic E-state index is 0.00982. The number of aliphatic carboxylic acids is 1. The minimum atomic E-state index is -1.30. The minimum Gasteiger partial charge on any atom is -0.480 e. The Bertz CT molecular complexity index is 1570. The van der Waals surface area contributed by atoms with Crippen LogP contribution in [0.25, 0.3) is 0 Å². The molecule has 15 heteroatoms. The summed E-state index contributed by atoms with van der Waals surface area (Å²) in [5.41, 5.74) is 7.11. The predicted octanol–water partition coefficient (Wildman–Crippen LogP) is 1.88. The molecule has 45 heavy (non-hydrogen) atoms. The standard InChI is InChI=1S/C30H34ClN7O7/c31-24-20(3-1-4-21(24)28(41)42)27(40)38-30(33-16-19-8-6-18(15-32)7-9-19)34-26(35-38)22-5-2-10-37(25(22)29(43)44)23(39)17-36-11-13-45-14-12-36/h1,3-4,6-9,22,25H,2,5,10-17,32H2,(H,41,42)(H,43,44)(H,33,34,35). The average molecular weight is 640 g/mol. The van der Waals surface area contributed by atoms with E-state index in [-0.39, 0.29) is 53.5 Å². The van der Waals surface area contributed by atoms with Crippen molar-refractivity contribution in [1.82, 2.24) is 24.6 Å². The largest absolute Gasteiger partial charge is 0.480 e. The number of ether oxygens (including phenoxy) is 1. The highest BCUT2D eigenvalue weighted by molar-refractivity contribution is 6.36. The quantitative estimate of drug-likeness (QED) is 0.252. The highest BCUT2D eigenvalue weighted by Crippen LogP contribution is 2.33. The summed E-state index contributed by atoms with van der Waals surface area (Å²) in [6.07, 6.45) is 0.875. The number of carbonyl (C=O) groups excluding carboxylic acids is 2. The number of benzene rings is 2. The number of hydrogen-bond donors (Lipinski definition) is 4. The van der Waals surface area contributed by atoms with Gasteiger partial charge >= 0.3 is 11.9 Å². The van der Waals surface area contributed by atoms with Crippen molar-refractivity contribution in [1.29, 1.82) is 0 Å². The van der Waals surface area contributed by atoms with Gasteiger partial charge in [-0.05, 0) is 36.1 Å². The molecule has 5 rings (SSSR count). The van der Waals surface area contributed by atoms with Gasteiger partial charge in [-0.25, -0.2) is 9.59 Å². The number of nitrogens with one attached hydrogen (secondary N) is 1. The van der Waals surface area contributed by atoms with Crippen LogP contribution in [0, 0.1) is 0 Å². The lowest BCUT2D eigenvalue weighted by Crippen LogP contribution is -2.55. The van der Waals surface area contributed by atoms with E-state index in [4.69, 9.17) is 22.1 Å². The molecule has 2 aliphatic rings. The van der Waals surface area contributed by atoms with E-state index >= 15 is 0 Å². The molecule has 1 amide bonds. The molecule has 1 aromatic heterocycles. The van der Waals surface area contributed by atoms with Crippen molar-refractivity contribution >= 4 is 41.3 Å². The molecule has 14 nitrogen and oxygen atoms in total. The summed E-state index contributed by atoms with van der Waals surface area (Å²) >= 11 is 6.33. The second-order valence-electron chi connectivity index (χ2n) is 10.9. The number of carboxylic acid groups (broad SMARTS) is 2. The van der Waals surface area contributed by atoms with Crippen molar-refractivity contribution in [2.24, 2.45) is 5.73 Å². The lowest BCUT2D eigenvalue weighted by Gasteiger charge is -2.39. The first-order chi connectivity index (χ1) is 21.7. The van der Waals surface area contributed by atoms with Gasteiger partial charge in [0.2, 0.25) is 11.9 Å². The molecule has 0 saturated carbocycles. The number of hydrogen-bond acceptors (Lipinski definition) is 10. The van der Waals surface area contributed by atoms with Crippen LogP contribution in [0.3, 0.4) is 0 Å². The van der Waals surface area contributed by atoms with Crippen LogP contribution in [0.2, 0.25) is 5.02 Å². The Labute approximate surface area is 263 Å². The lowest BCUT2D eigenvalue weighted by atomic mass is 9.88. The molecule has 2 fully saturated rings. The molecule has 3 aromatic rings. The number of morpholine rings is 1. The second kappa shape index (κ2) is 14.2. The van der Waals surface area contributed by atoms with Gasteiger partial charge in [0.05, 0.1) is 41.8 Å². The van der Waals surface area contributed by atoms with Gasteiger partial charge in [0.1, 0.15) is 6.04 Å². The number of nitrogens with zero attached hydrogens (tertiary/aromatic N) is 5. The SMILES string of the molecule is NCc1ccc(CNc2nc(C3CCCN(C(=O)CN4CCOCC4)C3C(=O)O)nn2C(=O)c2cccc(C(=O)O)c2Cl)cc1. The normalized spacial score (nSPS) is 18.8. The third kappa shape index (κ3) is 7.14. The topological polar surface area (TPSA) is 193 Å². The van der Waals surface area contributed by atoms with E-state index in [9.17, 15) is 29.4 Å². The highest BCUT2D eigenvalue weighted by Gasteiger charge is 2.43. The summed E-state index contributed by atoms with van der Waals surface area (Å²) in [7, 11) is 0. The number of halogens is 1. The Morgan fingerprint density at radius 2 is 1.69 bits per heavy atom. The molecular formula is C30H34ClN7O7. The van der Waals surface area contributed by atoms with Crippen LogP contribution < -0.4 is 11.1 Å². The first-order valence-corrected chi connectivity index (χ1v) is 14.9. The van der Waals surface area contributed by atoms with Crippen LogP contribution >= 0.6 is 11.6 Å². The van der Waals surface area contributed by atoms with E-state index in [0.29, 0.717) is 45.7 Å². The number of aromatic nitrogens is 3. The molecule has 2 saturated heterocycles. The maximum atomic E-state index is 13.8. The van der Waals surface area contributed by atoms with Gasteiger partial charge in [0, 0.05) is 32.7 Å². The summed E-state index contributed by atoms with van der Waals surface area (Å²) < 4.78 is 6.32. The Morgan fingerprint density at radius 3 is 2.36 bits per heavy atom. The van der Waals surface area contributed by atoms with Crippen molar-refractivity contribution < 1.29 is 34.1 Å². The number of amides is 1. The maximum absolute atomic E-state index is 13.8.